The van der Waals surface area contributed by atoms with E-state index in [-0.39, 0.29) is 17.7 Å². The van der Waals surface area contributed by atoms with Crippen LogP contribution in [-0.2, 0) is 4.79 Å². The number of amides is 1. The van der Waals surface area contributed by atoms with Crippen molar-refractivity contribution < 1.29 is 9.18 Å². The molecule has 1 saturated heterocycles. The van der Waals surface area contributed by atoms with Gasteiger partial charge in [0, 0.05) is 42.9 Å². The average Bonchev–Trinajstić information content (AvgIpc) is 3.42. The zero-order valence-electron chi connectivity index (χ0n) is 18.3. The first-order valence-corrected chi connectivity index (χ1v) is 11.3. The molecule has 4 aromatic rings. The monoisotopic (exact) mass is 432 g/mol. The van der Waals surface area contributed by atoms with Gasteiger partial charge in [-0.05, 0) is 57.2 Å². The largest absolute Gasteiger partial charge is 0.342 e. The Labute approximate surface area is 184 Å². The predicted octanol–water partition coefficient (Wildman–Crippen LogP) is 3.92. The Kier molecular flexibility index (Phi) is 4.31. The van der Waals surface area contributed by atoms with Gasteiger partial charge in [-0.1, -0.05) is 0 Å². The Hall–Kier alpha value is -3.29. The molecule has 1 saturated carbocycles. The molecule has 1 amide bonds. The van der Waals surface area contributed by atoms with Gasteiger partial charge in [0.05, 0.1) is 23.3 Å². The number of imidazole rings is 2. The summed E-state index contributed by atoms with van der Waals surface area (Å²) in [5.41, 5.74) is 5.30. The molecule has 0 aromatic carbocycles. The van der Waals surface area contributed by atoms with Gasteiger partial charge in [-0.15, -0.1) is 0 Å². The van der Waals surface area contributed by atoms with E-state index < -0.39 is 0 Å². The van der Waals surface area contributed by atoms with Crippen LogP contribution in [-0.4, -0.2) is 47.9 Å². The second kappa shape index (κ2) is 7.12. The van der Waals surface area contributed by atoms with Crippen LogP contribution in [0.2, 0.25) is 0 Å². The van der Waals surface area contributed by atoms with Crippen LogP contribution in [0.5, 0.6) is 0 Å². The average molecular weight is 433 g/mol. The van der Waals surface area contributed by atoms with Crippen molar-refractivity contribution in [1.82, 2.24) is 28.9 Å². The molecule has 2 fully saturated rings. The number of rotatable bonds is 3. The van der Waals surface area contributed by atoms with Crippen LogP contribution < -0.4 is 0 Å². The summed E-state index contributed by atoms with van der Waals surface area (Å²) in [5, 5.41) is 4.63. The lowest BCUT2D eigenvalue weighted by molar-refractivity contribution is -0.133. The molecule has 1 aliphatic carbocycles. The number of pyridine rings is 1. The Morgan fingerprint density at radius 3 is 2.53 bits per heavy atom. The molecule has 0 atom stereocenters. The Balaban J connectivity index is 1.30. The van der Waals surface area contributed by atoms with Gasteiger partial charge >= 0.3 is 0 Å². The van der Waals surface area contributed by atoms with Gasteiger partial charge in [0.15, 0.2) is 17.1 Å². The molecule has 0 N–H and O–H groups in total. The zero-order valence-corrected chi connectivity index (χ0v) is 18.3. The lowest BCUT2D eigenvalue weighted by Crippen LogP contribution is -2.38. The number of fused-ring (bicyclic) bond motifs is 2. The summed E-state index contributed by atoms with van der Waals surface area (Å²) in [5.74, 6) is 0.446. The quantitative estimate of drug-likeness (QED) is 0.492. The van der Waals surface area contributed by atoms with Crippen LogP contribution in [0, 0.1) is 25.6 Å². The minimum absolute atomic E-state index is 0.242. The number of carbonyl (C=O) groups excluding carboxylic acids is 1. The maximum Gasteiger partial charge on any atom is 0.225 e. The Bertz CT molecular complexity index is 1360. The Morgan fingerprint density at radius 1 is 1.00 bits per heavy atom. The number of hydrogen-bond donors (Lipinski definition) is 0. The standard InChI is InChI=1S/C24H25FN6O/c1-14-9-20(28-31-11-15(2)26-22(14)31)18-10-19(25)23-27-21(13-30(23)12-18)16-5-7-29(8-6-16)24(32)17-3-4-17/h9-13,16-17H,3-8H2,1-2H3. The fourth-order valence-corrected chi connectivity index (χ4v) is 4.78. The smallest absolute Gasteiger partial charge is 0.225 e. The minimum atomic E-state index is -0.364. The number of halogens is 1. The highest BCUT2D eigenvalue weighted by Crippen LogP contribution is 2.34. The minimum Gasteiger partial charge on any atom is -0.342 e. The van der Waals surface area contributed by atoms with Crippen LogP contribution in [0.15, 0.2) is 30.7 Å². The highest BCUT2D eigenvalue weighted by atomic mass is 19.1. The molecule has 0 unspecified atom stereocenters. The topological polar surface area (TPSA) is 67.8 Å². The van der Waals surface area contributed by atoms with Crippen molar-refractivity contribution in [3.63, 3.8) is 0 Å². The summed E-state index contributed by atoms with van der Waals surface area (Å²) in [4.78, 5) is 23.4. The third-order valence-electron chi connectivity index (χ3n) is 6.70. The molecule has 7 nitrogen and oxygen atoms in total. The molecule has 1 aliphatic heterocycles. The number of aromatic nitrogens is 5. The maximum atomic E-state index is 15.0. The molecule has 0 bridgehead atoms. The second-order valence-corrected chi connectivity index (χ2v) is 9.21. The fraction of sp³-hybridized carbons (Fsp3) is 0.417. The zero-order chi connectivity index (χ0) is 22.0. The highest BCUT2D eigenvalue weighted by molar-refractivity contribution is 5.81. The van der Waals surface area contributed by atoms with E-state index in [2.05, 4.69) is 15.1 Å². The number of piperidine rings is 1. The van der Waals surface area contributed by atoms with Gasteiger partial charge in [-0.3, -0.25) is 4.79 Å². The van der Waals surface area contributed by atoms with Gasteiger partial charge in [-0.25, -0.2) is 18.9 Å². The van der Waals surface area contributed by atoms with Crippen molar-refractivity contribution in [3.8, 4) is 11.3 Å². The van der Waals surface area contributed by atoms with E-state index in [0.29, 0.717) is 22.8 Å². The third-order valence-corrected chi connectivity index (χ3v) is 6.70. The molecular weight excluding hydrogens is 407 g/mol. The molecule has 6 rings (SSSR count). The fourth-order valence-electron chi connectivity index (χ4n) is 4.78. The molecule has 4 aromatic heterocycles. The van der Waals surface area contributed by atoms with E-state index in [0.717, 1.165) is 61.4 Å². The SMILES string of the molecule is Cc1cn2nc(-c3cc(F)c4nc(C5CCN(C(=O)C6CC6)CC5)cn4c3)cc(C)c2n1. The van der Waals surface area contributed by atoms with E-state index in [4.69, 9.17) is 0 Å². The summed E-state index contributed by atoms with van der Waals surface area (Å²) in [6, 6.07) is 3.44. The highest BCUT2D eigenvalue weighted by Gasteiger charge is 2.35. The van der Waals surface area contributed by atoms with Crippen molar-refractivity contribution >= 4 is 17.2 Å². The molecule has 164 valence electrons. The van der Waals surface area contributed by atoms with E-state index in [1.54, 1.807) is 8.92 Å². The number of hydrogen-bond acceptors (Lipinski definition) is 4. The molecular formula is C24H25FN6O. The van der Waals surface area contributed by atoms with Crippen LogP contribution in [0.4, 0.5) is 4.39 Å². The first-order chi connectivity index (χ1) is 15.5. The Morgan fingerprint density at radius 2 is 1.78 bits per heavy atom. The van der Waals surface area contributed by atoms with Gasteiger partial charge in [0.1, 0.15) is 0 Å². The number of nitrogens with zero attached hydrogens (tertiary/aromatic N) is 6. The van der Waals surface area contributed by atoms with E-state index in [1.165, 1.54) is 6.07 Å². The molecule has 0 radical (unpaired) electrons. The van der Waals surface area contributed by atoms with E-state index in [1.807, 2.05) is 43.4 Å². The first kappa shape index (κ1) is 19.4. The van der Waals surface area contributed by atoms with Crippen molar-refractivity contribution in [2.75, 3.05) is 13.1 Å². The van der Waals surface area contributed by atoms with E-state index in [9.17, 15) is 4.79 Å². The summed E-state index contributed by atoms with van der Waals surface area (Å²) in [6.45, 7) is 5.43. The van der Waals surface area contributed by atoms with Crippen molar-refractivity contribution in [3.05, 3.63) is 53.5 Å². The van der Waals surface area contributed by atoms with Gasteiger partial charge in [0.25, 0.3) is 0 Å². The summed E-state index contributed by atoms with van der Waals surface area (Å²) >= 11 is 0. The van der Waals surface area contributed by atoms with Gasteiger partial charge < -0.3 is 9.30 Å². The lowest BCUT2D eigenvalue weighted by atomic mass is 9.94. The number of likely N-dealkylation sites (tertiary alicyclic amines) is 1. The normalized spacial score (nSPS) is 17.5. The second-order valence-electron chi connectivity index (χ2n) is 9.21. The molecule has 0 spiro atoms. The van der Waals surface area contributed by atoms with Crippen LogP contribution in [0.25, 0.3) is 22.6 Å². The predicted molar refractivity (Wildman–Crippen MR) is 118 cm³/mol. The van der Waals surface area contributed by atoms with Crippen molar-refractivity contribution in [2.24, 2.45) is 5.92 Å². The number of aryl methyl sites for hydroxylation is 2. The summed E-state index contributed by atoms with van der Waals surface area (Å²) < 4.78 is 18.5. The number of carbonyl (C=O) groups is 1. The lowest BCUT2D eigenvalue weighted by Gasteiger charge is -2.31. The molecule has 8 heteroatoms. The summed E-state index contributed by atoms with van der Waals surface area (Å²) in [7, 11) is 0. The first-order valence-electron chi connectivity index (χ1n) is 11.3. The maximum absolute atomic E-state index is 15.0. The van der Waals surface area contributed by atoms with E-state index >= 15 is 4.39 Å². The molecule has 2 aliphatic rings. The molecule has 32 heavy (non-hydrogen) atoms. The van der Waals surface area contributed by atoms with Crippen LogP contribution >= 0.6 is 0 Å². The summed E-state index contributed by atoms with van der Waals surface area (Å²) in [6.07, 6.45) is 9.50. The van der Waals surface area contributed by atoms with Gasteiger partial charge in [-0.2, -0.15) is 5.10 Å². The van der Waals surface area contributed by atoms with Crippen LogP contribution in [0.1, 0.15) is 48.6 Å². The van der Waals surface area contributed by atoms with Crippen molar-refractivity contribution in [1.29, 1.82) is 0 Å². The molecule has 5 heterocycles. The third kappa shape index (κ3) is 3.25. The van der Waals surface area contributed by atoms with Gasteiger partial charge in [0.2, 0.25) is 5.91 Å². The van der Waals surface area contributed by atoms with Crippen molar-refractivity contribution in [2.45, 2.75) is 45.4 Å². The van der Waals surface area contributed by atoms with Crippen LogP contribution in [0.3, 0.4) is 0 Å².